The molecule has 1 aliphatic rings. The number of nitrogens with one attached hydrogen (secondary N) is 1. The predicted octanol–water partition coefficient (Wildman–Crippen LogP) is 1.85. The fourth-order valence-corrected chi connectivity index (χ4v) is 2.12. The maximum absolute atomic E-state index is 5.38. The molecule has 15 heavy (non-hydrogen) atoms. The summed E-state index contributed by atoms with van der Waals surface area (Å²) in [5, 5.41) is 3.52. The summed E-state index contributed by atoms with van der Waals surface area (Å²) in [6, 6.07) is 4.60. The molecule has 0 saturated carbocycles. The SMILES string of the molecule is CC1CN(Cc2ccco2)CCCCN1. The Labute approximate surface area is 91.4 Å². The quantitative estimate of drug-likeness (QED) is 0.804. The summed E-state index contributed by atoms with van der Waals surface area (Å²) in [5.41, 5.74) is 0. The number of rotatable bonds is 2. The van der Waals surface area contributed by atoms with Gasteiger partial charge in [0.1, 0.15) is 5.76 Å². The Kier molecular flexibility index (Phi) is 3.80. The Morgan fingerprint density at radius 3 is 3.27 bits per heavy atom. The van der Waals surface area contributed by atoms with Gasteiger partial charge in [-0.25, -0.2) is 0 Å². The molecule has 0 radical (unpaired) electrons. The van der Waals surface area contributed by atoms with Crippen LogP contribution in [0.1, 0.15) is 25.5 Å². The standard InChI is InChI=1S/C12H20N2O/c1-11-9-14(7-3-2-6-13-11)10-12-5-4-8-15-12/h4-5,8,11,13H,2-3,6-7,9-10H2,1H3. The normalized spacial score (nSPS) is 24.7. The molecule has 0 aliphatic carbocycles. The van der Waals surface area contributed by atoms with Crippen molar-refractivity contribution in [3.63, 3.8) is 0 Å². The second kappa shape index (κ2) is 5.33. The van der Waals surface area contributed by atoms with Crippen molar-refractivity contribution in [1.29, 1.82) is 0 Å². The molecule has 84 valence electrons. The molecule has 1 saturated heterocycles. The van der Waals surface area contributed by atoms with Gasteiger partial charge in [-0.05, 0) is 45.0 Å². The lowest BCUT2D eigenvalue weighted by molar-refractivity contribution is 0.205. The summed E-state index contributed by atoms with van der Waals surface area (Å²) in [7, 11) is 0. The van der Waals surface area contributed by atoms with Crippen LogP contribution in [0.25, 0.3) is 0 Å². The molecular formula is C12H20N2O. The third-order valence-corrected chi connectivity index (χ3v) is 2.89. The van der Waals surface area contributed by atoms with Crippen LogP contribution in [0.5, 0.6) is 0 Å². The zero-order valence-electron chi connectivity index (χ0n) is 9.41. The van der Waals surface area contributed by atoms with E-state index in [1.165, 1.54) is 19.4 Å². The van der Waals surface area contributed by atoms with Crippen LogP contribution in [-0.2, 0) is 6.54 Å². The average molecular weight is 208 g/mol. The van der Waals surface area contributed by atoms with E-state index in [1.54, 1.807) is 6.26 Å². The van der Waals surface area contributed by atoms with Crippen molar-refractivity contribution < 1.29 is 4.42 Å². The molecule has 1 N–H and O–H groups in total. The molecule has 0 bridgehead atoms. The van der Waals surface area contributed by atoms with Gasteiger partial charge >= 0.3 is 0 Å². The molecule has 1 aliphatic heterocycles. The van der Waals surface area contributed by atoms with Crippen LogP contribution >= 0.6 is 0 Å². The smallest absolute Gasteiger partial charge is 0.117 e. The van der Waals surface area contributed by atoms with Crippen LogP contribution in [-0.4, -0.2) is 30.6 Å². The molecule has 1 aromatic heterocycles. The minimum Gasteiger partial charge on any atom is -0.468 e. The molecular weight excluding hydrogens is 188 g/mol. The van der Waals surface area contributed by atoms with E-state index in [2.05, 4.69) is 23.2 Å². The molecule has 1 unspecified atom stereocenters. The lowest BCUT2D eigenvalue weighted by Crippen LogP contribution is -2.41. The van der Waals surface area contributed by atoms with E-state index < -0.39 is 0 Å². The Morgan fingerprint density at radius 2 is 2.47 bits per heavy atom. The molecule has 0 spiro atoms. The maximum Gasteiger partial charge on any atom is 0.117 e. The first kappa shape index (κ1) is 10.7. The zero-order valence-corrected chi connectivity index (χ0v) is 9.41. The van der Waals surface area contributed by atoms with E-state index in [1.807, 2.05) is 6.07 Å². The Hall–Kier alpha value is -0.800. The lowest BCUT2D eigenvalue weighted by Gasteiger charge is -2.28. The van der Waals surface area contributed by atoms with Gasteiger partial charge in [0.15, 0.2) is 0 Å². The number of hydrogen-bond donors (Lipinski definition) is 1. The van der Waals surface area contributed by atoms with Crippen LogP contribution < -0.4 is 5.32 Å². The molecule has 2 rings (SSSR count). The molecule has 1 fully saturated rings. The van der Waals surface area contributed by atoms with Crippen LogP contribution in [0.2, 0.25) is 0 Å². The molecule has 0 amide bonds. The molecule has 3 nitrogen and oxygen atoms in total. The van der Waals surface area contributed by atoms with E-state index in [0.717, 1.165) is 25.4 Å². The predicted molar refractivity (Wildman–Crippen MR) is 60.7 cm³/mol. The number of hydrogen-bond acceptors (Lipinski definition) is 3. The molecule has 3 heteroatoms. The summed E-state index contributed by atoms with van der Waals surface area (Å²) in [5.74, 6) is 1.07. The molecule has 1 aromatic rings. The van der Waals surface area contributed by atoms with E-state index in [0.29, 0.717) is 6.04 Å². The highest BCUT2D eigenvalue weighted by Gasteiger charge is 2.13. The highest BCUT2D eigenvalue weighted by atomic mass is 16.3. The third kappa shape index (κ3) is 3.36. The summed E-state index contributed by atoms with van der Waals surface area (Å²) < 4.78 is 5.38. The van der Waals surface area contributed by atoms with Crippen LogP contribution in [0.4, 0.5) is 0 Å². The minimum absolute atomic E-state index is 0.584. The lowest BCUT2D eigenvalue weighted by atomic mass is 10.2. The molecule has 1 atom stereocenters. The zero-order chi connectivity index (χ0) is 10.5. The van der Waals surface area contributed by atoms with Crippen molar-refractivity contribution in [3.05, 3.63) is 24.2 Å². The van der Waals surface area contributed by atoms with E-state index in [-0.39, 0.29) is 0 Å². The van der Waals surface area contributed by atoms with Crippen molar-refractivity contribution in [2.45, 2.75) is 32.4 Å². The van der Waals surface area contributed by atoms with Crippen molar-refractivity contribution in [3.8, 4) is 0 Å². The van der Waals surface area contributed by atoms with Gasteiger partial charge < -0.3 is 9.73 Å². The van der Waals surface area contributed by atoms with E-state index in [9.17, 15) is 0 Å². The van der Waals surface area contributed by atoms with Gasteiger partial charge in [0, 0.05) is 12.6 Å². The number of furan rings is 1. The van der Waals surface area contributed by atoms with Crippen LogP contribution in [0.3, 0.4) is 0 Å². The second-order valence-corrected chi connectivity index (χ2v) is 4.38. The van der Waals surface area contributed by atoms with Crippen molar-refractivity contribution in [2.75, 3.05) is 19.6 Å². The Morgan fingerprint density at radius 1 is 1.53 bits per heavy atom. The fourth-order valence-electron chi connectivity index (χ4n) is 2.12. The molecule has 0 aromatic carbocycles. The van der Waals surface area contributed by atoms with Gasteiger partial charge in [-0.1, -0.05) is 0 Å². The van der Waals surface area contributed by atoms with E-state index >= 15 is 0 Å². The van der Waals surface area contributed by atoms with Crippen LogP contribution in [0, 0.1) is 0 Å². The molecule has 2 heterocycles. The van der Waals surface area contributed by atoms with Crippen LogP contribution in [0.15, 0.2) is 22.8 Å². The topological polar surface area (TPSA) is 28.4 Å². The first-order chi connectivity index (χ1) is 7.34. The van der Waals surface area contributed by atoms with Gasteiger partial charge in [-0.2, -0.15) is 0 Å². The fraction of sp³-hybridized carbons (Fsp3) is 0.667. The van der Waals surface area contributed by atoms with Gasteiger partial charge in [-0.3, -0.25) is 4.90 Å². The number of nitrogens with zero attached hydrogens (tertiary/aromatic N) is 1. The minimum atomic E-state index is 0.584. The Bertz CT molecular complexity index is 271. The van der Waals surface area contributed by atoms with E-state index in [4.69, 9.17) is 4.42 Å². The highest BCUT2D eigenvalue weighted by Crippen LogP contribution is 2.09. The first-order valence-corrected chi connectivity index (χ1v) is 5.83. The summed E-state index contributed by atoms with van der Waals surface area (Å²) in [4.78, 5) is 2.47. The summed E-state index contributed by atoms with van der Waals surface area (Å²) >= 11 is 0. The van der Waals surface area contributed by atoms with Gasteiger partial charge in [0.2, 0.25) is 0 Å². The summed E-state index contributed by atoms with van der Waals surface area (Å²) in [6.07, 6.45) is 4.31. The van der Waals surface area contributed by atoms with Crippen molar-refractivity contribution in [2.24, 2.45) is 0 Å². The maximum atomic E-state index is 5.38. The van der Waals surface area contributed by atoms with Gasteiger partial charge in [0.25, 0.3) is 0 Å². The Balaban J connectivity index is 1.88. The van der Waals surface area contributed by atoms with Gasteiger partial charge in [0.05, 0.1) is 12.8 Å². The largest absolute Gasteiger partial charge is 0.468 e. The van der Waals surface area contributed by atoms with Crippen molar-refractivity contribution in [1.82, 2.24) is 10.2 Å². The highest BCUT2D eigenvalue weighted by molar-refractivity contribution is 4.98. The monoisotopic (exact) mass is 208 g/mol. The average Bonchev–Trinajstić information content (AvgIpc) is 2.66. The summed E-state index contributed by atoms with van der Waals surface area (Å²) in [6.45, 7) is 6.66. The van der Waals surface area contributed by atoms with Crippen molar-refractivity contribution >= 4 is 0 Å². The first-order valence-electron chi connectivity index (χ1n) is 5.83. The second-order valence-electron chi connectivity index (χ2n) is 4.38. The van der Waals surface area contributed by atoms with Gasteiger partial charge in [-0.15, -0.1) is 0 Å². The third-order valence-electron chi connectivity index (χ3n) is 2.89.